The number of rotatable bonds is 5. The number of carbonyl (C=O) groups is 1. The van der Waals surface area contributed by atoms with Crippen molar-refractivity contribution in [2.45, 2.75) is 19.8 Å². The molecule has 1 N–H and O–H groups in total. The number of hydrogen-bond acceptors (Lipinski definition) is 3. The first-order valence-electron chi connectivity index (χ1n) is 8.00. The summed E-state index contributed by atoms with van der Waals surface area (Å²) in [5, 5.41) is 3.83. The molecule has 0 aliphatic carbocycles. The summed E-state index contributed by atoms with van der Waals surface area (Å²) in [6.45, 7) is 4.22. The first kappa shape index (κ1) is 16.0. The highest BCUT2D eigenvalue weighted by atomic mass is 16.5. The van der Waals surface area contributed by atoms with E-state index in [1.165, 1.54) is 5.56 Å². The normalized spacial score (nSPS) is 10.8. The zero-order valence-corrected chi connectivity index (χ0v) is 13.8. The SMILES string of the molecule is CC(C)c1ccc(NC(=O)COc2cccc3cccnc23)cc1. The minimum atomic E-state index is -0.194. The largest absolute Gasteiger partial charge is 0.481 e. The highest BCUT2D eigenvalue weighted by Crippen LogP contribution is 2.23. The first-order valence-corrected chi connectivity index (χ1v) is 8.00. The third-order valence-corrected chi connectivity index (χ3v) is 3.82. The van der Waals surface area contributed by atoms with Gasteiger partial charge in [-0.2, -0.15) is 0 Å². The lowest BCUT2D eigenvalue weighted by molar-refractivity contribution is -0.118. The van der Waals surface area contributed by atoms with Crippen molar-refractivity contribution in [2.75, 3.05) is 11.9 Å². The molecule has 122 valence electrons. The van der Waals surface area contributed by atoms with Crippen LogP contribution in [-0.4, -0.2) is 17.5 Å². The van der Waals surface area contributed by atoms with Crippen molar-refractivity contribution in [3.8, 4) is 5.75 Å². The van der Waals surface area contributed by atoms with Gasteiger partial charge in [-0.1, -0.05) is 44.2 Å². The molecular formula is C20H20N2O2. The van der Waals surface area contributed by atoms with E-state index in [9.17, 15) is 4.79 Å². The maximum absolute atomic E-state index is 12.1. The Kier molecular flexibility index (Phi) is 4.75. The number of fused-ring (bicyclic) bond motifs is 1. The highest BCUT2D eigenvalue weighted by molar-refractivity contribution is 5.92. The minimum Gasteiger partial charge on any atom is -0.481 e. The Balaban J connectivity index is 1.63. The fourth-order valence-electron chi connectivity index (χ4n) is 2.48. The van der Waals surface area contributed by atoms with Gasteiger partial charge in [-0.25, -0.2) is 0 Å². The molecule has 4 nitrogen and oxygen atoms in total. The second-order valence-corrected chi connectivity index (χ2v) is 5.94. The molecule has 2 aromatic carbocycles. The van der Waals surface area contributed by atoms with Gasteiger partial charge in [0, 0.05) is 17.3 Å². The Bertz CT molecular complexity index is 836. The maximum atomic E-state index is 12.1. The number of nitrogens with zero attached hydrogens (tertiary/aromatic N) is 1. The van der Waals surface area contributed by atoms with Crippen LogP contribution in [0, 0.1) is 0 Å². The monoisotopic (exact) mass is 320 g/mol. The molecule has 4 heteroatoms. The molecule has 0 saturated heterocycles. The summed E-state index contributed by atoms with van der Waals surface area (Å²) in [5.41, 5.74) is 2.77. The topological polar surface area (TPSA) is 51.2 Å². The van der Waals surface area contributed by atoms with E-state index in [4.69, 9.17) is 4.74 Å². The summed E-state index contributed by atoms with van der Waals surface area (Å²) in [6.07, 6.45) is 1.71. The van der Waals surface area contributed by atoms with Gasteiger partial charge in [0.2, 0.25) is 0 Å². The zero-order valence-electron chi connectivity index (χ0n) is 13.8. The quantitative estimate of drug-likeness (QED) is 0.759. The number of para-hydroxylation sites is 1. The summed E-state index contributed by atoms with van der Waals surface area (Å²) in [7, 11) is 0. The van der Waals surface area contributed by atoms with Crippen molar-refractivity contribution >= 4 is 22.5 Å². The number of anilines is 1. The van der Waals surface area contributed by atoms with Crippen LogP contribution in [-0.2, 0) is 4.79 Å². The van der Waals surface area contributed by atoms with Gasteiger partial charge in [-0.15, -0.1) is 0 Å². The summed E-state index contributed by atoms with van der Waals surface area (Å²) < 4.78 is 5.64. The molecule has 0 unspecified atom stereocenters. The number of aromatic nitrogens is 1. The molecule has 0 fully saturated rings. The van der Waals surface area contributed by atoms with Crippen LogP contribution in [0.1, 0.15) is 25.3 Å². The van der Waals surface area contributed by atoms with E-state index in [2.05, 4.69) is 24.1 Å². The van der Waals surface area contributed by atoms with Crippen molar-refractivity contribution in [3.05, 3.63) is 66.4 Å². The van der Waals surface area contributed by atoms with Gasteiger partial charge in [0.05, 0.1) is 0 Å². The highest BCUT2D eigenvalue weighted by Gasteiger charge is 2.07. The number of ether oxygens (including phenoxy) is 1. The molecule has 1 amide bonds. The molecule has 0 spiro atoms. The van der Waals surface area contributed by atoms with Crippen LogP contribution >= 0.6 is 0 Å². The smallest absolute Gasteiger partial charge is 0.262 e. The Hall–Kier alpha value is -2.88. The van der Waals surface area contributed by atoms with Crippen molar-refractivity contribution < 1.29 is 9.53 Å². The van der Waals surface area contributed by atoms with Gasteiger partial charge in [-0.3, -0.25) is 9.78 Å². The van der Waals surface area contributed by atoms with Crippen molar-refractivity contribution in [2.24, 2.45) is 0 Å². The summed E-state index contributed by atoms with van der Waals surface area (Å²) in [6, 6.07) is 17.4. The van der Waals surface area contributed by atoms with Crippen LogP contribution < -0.4 is 10.1 Å². The fourth-order valence-corrected chi connectivity index (χ4v) is 2.48. The second kappa shape index (κ2) is 7.13. The van der Waals surface area contributed by atoms with Crippen molar-refractivity contribution in [1.82, 2.24) is 4.98 Å². The molecule has 0 bridgehead atoms. The standard InChI is InChI=1S/C20H20N2O2/c1-14(2)15-8-10-17(11-9-15)22-19(23)13-24-18-7-3-5-16-6-4-12-21-20(16)18/h3-12,14H,13H2,1-2H3,(H,22,23). The van der Waals surface area contributed by atoms with Crippen molar-refractivity contribution in [3.63, 3.8) is 0 Å². The Morgan fingerprint density at radius 2 is 1.83 bits per heavy atom. The molecule has 24 heavy (non-hydrogen) atoms. The van der Waals surface area contributed by atoms with Gasteiger partial charge in [0.15, 0.2) is 6.61 Å². The van der Waals surface area contributed by atoms with E-state index < -0.39 is 0 Å². The molecule has 0 saturated carbocycles. The summed E-state index contributed by atoms with van der Waals surface area (Å²) in [4.78, 5) is 16.4. The lowest BCUT2D eigenvalue weighted by Crippen LogP contribution is -2.20. The van der Waals surface area contributed by atoms with Crippen LogP contribution in [0.15, 0.2) is 60.8 Å². The van der Waals surface area contributed by atoms with Gasteiger partial charge >= 0.3 is 0 Å². The fraction of sp³-hybridized carbons (Fsp3) is 0.200. The van der Waals surface area contributed by atoms with Crippen LogP contribution in [0.3, 0.4) is 0 Å². The molecule has 0 atom stereocenters. The van der Waals surface area contributed by atoms with Crippen LogP contribution in [0.25, 0.3) is 10.9 Å². The average Bonchev–Trinajstić information content (AvgIpc) is 2.60. The molecule has 1 heterocycles. The molecule has 3 rings (SSSR count). The third-order valence-electron chi connectivity index (χ3n) is 3.82. The van der Waals surface area contributed by atoms with Gasteiger partial charge in [-0.05, 0) is 35.7 Å². The van der Waals surface area contributed by atoms with Crippen LogP contribution in [0.2, 0.25) is 0 Å². The zero-order chi connectivity index (χ0) is 16.9. The number of carbonyl (C=O) groups excluding carboxylic acids is 1. The number of amides is 1. The Morgan fingerprint density at radius 3 is 2.58 bits per heavy atom. The molecule has 0 aliphatic rings. The molecule has 1 aromatic heterocycles. The molecule has 0 radical (unpaired) electrons. The van der Waals surface area contributed by atoms with E-state index in [0.717, 1.165) is 16.6 Å². The summed E-state index contributed by atoms with van der Waals surface area (Å²) >= 11 is 0. The molecule has 0 aliphatic heterocycles. The van der Waals surface area contributed by atoms with Crippen molar-refractivity contribution in [1.29, 1.82) is 0 Å². The Labute approximate surface area is 141 Å². The van der Waals surface area contributed by atoms with Crippen LogP contribution in [0.4, 0.5) is 5.69 Å². The number of benzene rings is 2. The third kappa shape index (κ3) is 3.71. The first-order chi connectivity index (χ1) is 11.6. The lowest BCUT2D eigenvalue weighted by atomic mass is 10.0. The van der Waals surface area contributed by atoms with Gasteiger partial charge in [0.25, 0.3) is 5.91 Å². The molecule has 3 aromatic rings. The van der Waals surface area contributed by atoms with Gasteiger partial charge < -0.3 is 10.1 Å². The molecular weight excluding hydrogens is 300 g/mol. The average molecular weight is 320 g/mol. The van der Waals surface area contributed by atoms with E-state index in [0.29, 0.717) is 11.7 Å². The number of pyridine rings is 1. The maximum Gasteiger partial charge on any atom is 0.262 e. The lowest BCUT2D eigenvalue weighted by Gasteiger charge is -2.10. The minimum absolute atomic E-state index is 0.0539. The van der Waals surface area contributed by atoms with E-state index >= 15 is 0 Å². The predicted octanol–water partition coefficient (Wildman–Crippen LogP) is 4.38. The summed E-state index contributed by atoms with van der Waals surface area (Å²) in [5.74, 6) is 0.885. The van der Waals surface area contributed by atoms with Crippen LogP contribution in [0.5, 0.6) is 5.75 Å². The van der Waals surface area contributed by atoms with E-state index in [1.54, 1.807) is 6.20 Å². The predicted molar refractivity (Wildman–Crippen MR) is 96.4 cm³/mol. The number of hydrogen-bond donors (Lipinski definition) is 1. The second-order valence-electron chi connectivity index (χ2n) is 5.94. The van der Waals surface area contributed by atoms with Gasteiger partial charge in [0.1, 0.15) is 11.3 Å². The van der Waals surface area contributed by atoms with E-state index in [1.807, 2.05) is 54.6 Å². The Morgan fingerprint density at radius 1 is 1.08 bits per heavy atom. The number of nitrogens with one attached hydrogen (secondary N) is 1. The van der Waals surface area contributed by atoms with E-state index in [-0.39, 0.29) is 12.5 Å².